The number of halogens is 2. The molecular weight excluding hydrogens is 391 g/mol. The topological polar surface area (TPSA) is 35.5 Å². The van der Waals surface area contributed by atoms with E-state index >= 15 is 0 Å². The molecule has 146 valence electrons. The average molecular weight is 409 g/mol. The summed E-state index contributed by atoms with van der Waals surface area (Å²) in [5, 5.41) is 0.303. The summed E-state index contributed by atoms with van der Waals surface area (Å²) in [4.78, 5) is 12.6. The number of ketones is 1. The monoisotopic (exact) mass is 408 g/mol. The highest BCUT2D eigenvalue weighted by atomic mass is 35.5. The van der Waals surface area contributed by atoms with E-state index in [1.165, 1.54) is 11.6 Å². The molecule has 0 amide bonds. The van der Waals surface area contributed by atoms with E-state index in [-0.39, 0.29) is 23.7 Å². The van der Waals surface area contributed by atoms with Crippen LogP contribution in [0, 0.1) is 5.82 Å². The van der Waals surface area contributed by atoms with Gasteiger partial charge >= 0.3 is 0 Å². The highest BCUT2D eigenvalue weighted by molar-refractivity contribution is 6.31. The first kappa shape index (κ1) is 19.2. The Morgan fingerprint density at radius 3 is 2.62 bits per heavy atom. The molecule has 0 saturated heterocycles. The zero-order valence-electron chi connectivity index (χ0n) is 15.7. The third-order valence-electron chi connectivity index (χ3n) is 4.77. The fourth-order valence-corrected chi connectivity index (χ4v) is 3.30. The smallest absolute Gasteiger partial charge is 0.231 e. The van der Waals surface area contributed by atoms with Crippen molar-refractivity contribution >= 4 is 23.5 Å². The second-order valence-corrected chi connectivity index (χ2v) is 7.09. The van der Waals surface area contributed by atoms with Gasteiger partial charge in [-0.15, -0.1) is 0 Å². The summed E-state index contributed by atoms with van der Waals surface area (Å²) in [5.41, 5.74) is 2.87. The maximum absolute atomic E-state index is 13.9. The minimum absolute atomic E-state index is 0.0231. The summed E-state index contributed by atoms with van der Waals surface area (Å²) in [6.45, 7) is 2.07. The molecule has 0 spiro atoms. The molecule has 0 radical (unpaired) electrons. The molecule has 0 atom stereocenters. The van der Waals surface area contributed by atoms with Crippen molar-refractivity contribution in [1.29, 1.82) is 0 Å². The summed E-state index contributed by atoms with van der Waals surface area (Å²) in [6.07, 6.45) is 2.68. The van der Waals surface area contributed by atoms with Gasteiger partial charge in [-0.05, 0) is 47.9 Å². The van der Waals surface area contributed by atoms with Crippen LogP contribution in [-0.2, 0) is 13.0 Å². The number of hydrogen-bond acceptors (Lipinski definition) is 3. The molecule has 3 nitrogen and oxygen atoms in total. The Morgan fingerprint density at radius 2 is 1.90 bits per heavy atom. The summed E-state index contributed by atoms with van der Waals surface area (Å²) < 4.78 is 25.3. The van der Waals surface area contributed by atoms with Crippen LogP contribution in [0.15, 0.2) is 66.4 Å². The maximum atomic E-state index is 13.9. The van der Waals surface area contributed by atoms with Crippen molar-refractivity contribution in [1.82, 2.24) is 0 Å². The minimum atomic E-state index is -0.426. The first-order chi connectivity index (χ1) is 14.0. The van der Waals surface area contributed by atoms with E-state index in [0.717, 1.165) is 12.0 Å². The molecule has 0 N–H and O–H groups in total. The van der Waals surface area contributed by atoms with Gasteiger partial charge in [0.1, 0.15) is 23.9 Å². The molecule has 0 bridgehead atoms. The minimum Gasteiger partial charge on any atom is -0.489 e. The largest absolute Gasteiger partial charge is 0.489 e. The summed E-state index contributed by atoms with van der Waals surface area (Å²) >= 11 is 6.03. The fourth-order valence-electron chi connectivity index (χ4n) is 3.08. The van der Waals surface area contributed by atoms with E-state index in [1.807, 2.05) is 24.3 Å². The number of Topliss-reactive ketones (excluding diaryl/α,β-unsaturated/α-hetero) is 1. The van der Waals surface area contributed by atoms with Gasteiger partial charge in [-0.3, -0.25) is 4.79 Å². The molecule has 3 aromatic rings. The number of ether oxygens (including phenoxy) is 2. The average Bonchev–Trinajstić information content (AvgIpc) is 3.03. The Labute approximate surface area is 173 Å². The molecule has 5 heteroatoms. The van der Waals surface area contributed by atoms with Crippen molar-refractivity contribution in [3.63, 3.8) is 0 Å². The van der Waals surface area contributed by atoms with E-state index in [4.69, 9.17) is 21.1 Å². The lowest BCUT2D eigenvalue weighted by molar-refractivity contribution is 0.101. The third kappa shape index (κ3) is 4.03. The van der Waals surface area contributed by atoms with Crippen molar-refractivity contribution in [3.05, 3.63) is 99.5 Å². The van der Waals surface area contributed by atoms with Crippen molar-refractivity contribution in [2.45, 2.75) is 20.0 Å². The molecule has 0 saturated carbocycles. The van der Waals surface area contributed by atoms with Gasteiger partial charge in [-0.1, -0.05) is 48.9 Å². The van der Waals surface area contributed by atoms with Crippen molar-refractivity contribution in [3.8, 4) is 11.5 Å². The van der Waals surface area contributed by atoms with Crippen molar-refractivity contribution in [2.75, 3.05) is 0 Å². The van der Waals surface area contributed by atoms with Gasteiger partial charge in [-0.25, -0.2) is 4.39 Å². The van der Waals surface area contributed by atoms with Crippen LogP contribution in [0.5, 0.6) is 11.5 Å². The second kappa shape index (κ2) is 8.10. The molecule has 1 aliphatic heterocycles. The zero-order chi connectivity index (χ0) is 20.4. The van der Waals surface area contributed by atoms with Gasteiger partial charge < -0.3 is 9.47 Å². The lowest BCUT2D eigenvalue weighted by atomic mass is 10.1. The molecule has 1 aliphatic rings. The number of hydrogen-bond donors (Lipinski definition) is 0. The van der Waals surface area contributed by atoms with Gasteiger partial charge in [0, 0.05) is 11.6 Å². The Hall–Kier alpha value is -3.11. The van der Waals surface area contributed by atoms with Crippen LogP contribution in [0.1, 0.15) is 34.0 Å². The number of rotatable bonds is 5. The van der Waals surface area contributed by atoms with E-state index in [1.54, 1.807) is 36.4 Å². The van der Waals surface area contributed by atoms with Crippen molar-refractivity contribution < 1.29 is 18.7 Å². The summed E-state index contributed by atoms with van der Waals surface area (Å²) in [5.74, 6) is 0.541. The van der Waals surface area contributed by atoms with Gasteiger partial charge in [-0.2, -0.15) is 0 Å². The van der Waals surface area contributed by atoms with Crippen molar-refractivity contribution in [2.24, 2.45) is 0 Å². The lowest BCUT2D eigenvalue weighted by Crippen LogP contribution is -1.99. The van der Waals surface area contributed by atoms with Crippen LogP contribution in [0.2, 0.25) is 5.02 Å². The third-order valence-corrected chi connectivity index (χ3v) is 5.13. The highest BCUT2D eigenvalue weighted by Crippen LogP contribution is 2.35. The van der Waals surface area contributed by atoms with E-state index in [9.17, 15) is 9.18 Å². The van der Waals surface area contributed by atoms with Gasteiger partial charge in [0.2, 0.25) is 5.78 Å². The molecule has 0 aromatic heterocycles. The van der Waals surface area contributed by atoms with Crippen LogP contribution >= 0.6 is 11.6 Å². The van der Waals surface area contributed by atoms with Crippen LogP contribution in [-0.4, -0.2) is 5.78 Å². The standard InChI is InChI=1S/C24H18ClFO3/c1-2-15-6-8-16(9-7-15)12-23-24(27)18-11-10-17(13-22(18)29-23)28-14-19-20(25)4-3-5-21(19)26/h3-13H,2,14H2,1H3/b23-12-. The SMILES string of the molecule is CCc1ccc(/C=C2\Oc3cc(OCc4c(F)cccc4Cl)ccc3C2=O)cc1. The zero-order valence-corrected chi connectivity index (χ0v) is 16.5. The highest BCUT2D eigenvalue weighted by Gasteiger charge is 2.27. The molecule has 4 rings (SSSR count). The van der Waals surface area contributed by atoms with Gasteiger partial charge in [0.15, 0.2) is 5.76 Å². The van der Waals surface area contributed by atoms with E-state index in [0.29, 0.717) is 22.1 Å². The van der Waals surface area contributed by atoms with Crippen LogP contribution in [0.4, 0.5) is 4.39 Å². The first-order valence-electron chi connectivity index (χ1n) is 9.28. The number of carbonyl (C=O) groups excluding carboxylic acids is 1. The fraction of sp³-hybridized carbons (Fsp3) is 0.125. The Bertz CT molecular complexity index is 1080. The van der Waals surface area contributed by atoms with Crippen LogP contribution in [0.3, 0.4) is 0 Å². The number of benzene rings is 3. The molecule has 0 unspecified atom stereocenters. The van der Waals surface area contributed by atoms with E-state index in [2.05, 4.69) is 6.92 Å². The first-order valence-corrected chi connectivity index (χ1v) is 9.66. The normalized spacial score (nSPS) is 14.0. The molecule has 29 heavy (non-hydrogen) atoms. The maximum Gasteiger partial charge on any atom is 0.231 e. The molecule has 0 fully saturated rings. The van der Waals surface area contributed by atoms with Crippen LogP contribution in [0.25, 0.3) is 6.08 Å². The number of fused-ring (bicyclic) bond motifs is 1. The van der Waals surface area contributed by atoms with E-state index < -0.39 is 5.82 Å². The summed E-state index contributed by atoms with van der Waals surface area (Å²) in [7, 11) is 0. The molecule has 0 aliphatic carbocycles. The Balaban J connectivity index is 1.51. The Kier molecular flexibility index (Phi) is 5.36. The summed E-state index contributed by atoms with van der Waals surface area (Å²) in [6, 6.07) is 17.4. The number of aryl methyl sites for hydroxylation is 1. The predicted molar refractivity (Wildman–Crippen MR) is 111 cm³/mol. The molecule has 3 aromatic carbocycles. The lowest BCUT2D eigenvalue weighted by Gasteiger charge is -2.09. The molecular formula is C24H18ClFO3. The number of allylic oxidation sites excluding steroid dienone is 1. The Morgan fingerprint density at radius 1 is 1.10 bits per heavy atom. The molecule has 1 heterocycles. The van der Waals surface area contributed by atoms with Gasteiger partial charge in [0.05, 0.1) is 10.6 Å². The quantitative estimate of drug-likeness (QED) is 0.469. The number of carbonyl (C=O) groups is 1. The predicted octanol–water partition coefficient (Wildman–Crippen LogP) is 6.24. The van der Waals surface area contributed by atoms with Gasteiger partial charge in [0.25, 0.3) is 0 Å². The van der Waals surface area contributed by atoms with Crippen LogP contribution < -0.4 is 9.47 Å². The second-order valence-electron chi connectivity index (χ2n) is 6.68.